The number of halogens is 1. The Morgan fingerprint density at radius 2 is 1.72 bits per heavy atom. The first-order valence-corrected chi connectivity index (χ1v) is 11.5. The highest BCUT2D eigenvalue weighted by molar-refractivity contribution is 7.89. The lowest BCUT2D eigenvalue weighted by atomic mass is 10.2. The van der Waals surface area contributed by atoms with E-state index in [1.54, 1.807) is 18.2 Å². The number of hydrogen-bond acceptors (Lipinski definition) is 5. The first-order chi connectivity index (χ1) is 15.3. The van der Waals surface area contributed by atoms with Gasteiger partial charge in [0.05, 0.1) is 17.0 Å². The van der Waals surface area contributed by atoms with Gasteiger partial charge in [-0.3, -0.25) is 4.79 Å². The van der Waals surface area contributed by atoms with Gasteiger partial charge in [-0.1, -0.05) is 41.9 Å². The van der Waals surface area contributed by atoms with Crippen molar-refractivity contribution in [1.82, 2.24) is 4.31 Å². The molecule has 32 heavy (non-hydrogen) atoms. The van der Waals surface area contributed by atoms with Crippen molar-refractivity contribution in [2.24, 2.45) is 0 Å². The molecule has 0 aliphatic heterocycles. The van der Waals surface area contributed by atoms with Crippen LogP contribution in [0.25, 0.3) is 0 Å². The molecule has 0 heterocycles. The van der Waals surface area contributed by atoms with Crippen LogP contribution in [0.5, 0.6) is 11.5 Å². The summed E-state index contributed by atoms with van der Waals surface area (Å²) in [5, 5.41) is 3.05. The molecule has 7 nitrogen and oxygen atoms in total. The summed E-state index contributed by atoms with van der Waals surface area (Å²) in [5.74, 6) is 0.494. The Morgan fingerprint density at radius 1 is 1.03 bits per heavy atom. The molecule has 0 radical (unpaired) electrons. The SMILES string of the molecule is COc1ccc(NC(=O)COc2ccc(S(=O)(=O)N(C)Cc3ccccc3)cc2)cc1Cl. The van der Waals surface area contributed by atoms with Gasteiger partial charge in [0.1, 0.15) is 11.5 Å². The van der Waals surface area contributed by atoms with Gasteiger partial charge in [-0.2, -0.15) is 4.31 Å². The summed E-state index contributed by atoms with van der Waals surface area (Å²) in [6, 6.07) is 20.2. The smallest absolute Gasteiger partial charge is 0.262 e. The molecule has 0 saturated carbocycles. The molecular weight excluding hydrogens is 452 g/mol. The Balaban J connectivity index is 1.57. The van der Waals surface area contributed by atoms with Gasteiger partial charge in [0.15, 0.2) is 6.61 Å². The van der Waals surface area contributed by atoms with Crippen molar-refractivity contribution in [2.45, 2.75) is 11.4 Å². The van der Waals surface area contributed by atoms with Crippen LogP contribution in [-0.4, -0.2) is 39.4 Å². The van der Waals surface area contributed by atoms with Crippen LogP contribution in [-0.2, 0) is 21.4 Å². The van der Waals surface area contributed by atoms with E-state index in [2.05, 4.69) is 5.32 Å². The molecule has 3 aromatic carbocycles. The maximum atomic E-state index is 12.8. The summed E-state index contributed by atoms with van der Waals surface area (Å²) in [6.07, 6.45) is 0. The van der Waals surface area contributed by atoms with Crippen LogP contribution in [0.1, 0.15) is 5.56 Å². The second-order valence-electron chi connectivity index (χ2n) is 6.90. The third kappa shape index (κ3) is 6.00. The minimum absolute atomic E-state index is 0.139. The zero-order valence-electron chi connectivity index (χ0n) is 17.6. The second-order valence-corrected chi connectivity index (χ2v) is 9.36. The third-order valence-corrected chi connectivity index (χ3v) is 6.70. The first kappa shape index (κ1) is 23.6. The summed E-state index contributed by atoms with van der Waals surface area (Å²) in [5.41, 5.74) is 1.40. The van der Waals surface area contributed by atoms with E-state index in [1.807, 2.05) is 30.3 Å². The van der Waals surface area contributed by atoms with Gasteiger partial charge in [-0.15, -0.1) is 0 Å². The average molecular weight is 475 g/mol. The molecule has 0 fully saturated rings. The van der Waals surface area contributed by atoms with Crippen molar-refractivity contribution in [3.05, 3.63) is 83.4 Å². The molecular formula is C23H23ClN2O5S. The topological polar surface area (TPSA) is 84.9 Å². The van der Waals surface area contributed by atoms with E-state index in [1.165, 1.54) is 42.7 Å². The Hall–Kier alpha value is -3.07. The molecule has 0 bridgehead atoms. The third-order valence-electron chi connectivity index (χ3n) is 4.59. The summed E-state index contributed by atoms with van der Waals surface area (Å²) in [6.45, 7) is 0.0145. The zero-order chi connectivity index (χ0) is 23.1. The van der Waals surface area contributed by atoms with E-state index in [9.17, 15) is 13.2 Å². The van der Waals surface area contributed by atoms with Crippen LogP contribution in [0.15, 0.2) is 77.7 Å². The fourth-order valence-corrected chi connectivity index (χ4v) is 4.32. The number of nitrogens with one attached hydrogen (secondary N) is 1. The van der Waals surface area contributed by atoms with Crippen LogP contribution < -0.4 is 14.8 Å². The highest BCUT2D eigenvalue weighted by Crippen LogP contribution is 2.27. The number of sulfonamides is 1. The van der Waals surface area contributed by atoms with Crippen LogP contribution in [0.2, 0.25) is 5.02 Å². The minimum Gasteiger partial charge on any atom is -0.495 e. The highest BCUT2D eigenvalue weighted by atomic mass is 35.5. The lowest BCUT2D eigenvalue weighted by molar-refractivity contribution is -0.118. The van der Waals surface area contributed by atoms with Gasteiger partial charge >= 0.3 is 0 Å². The fraction of sp³-hybridized carbons (Fsp3) is 0.174. The van der Waals surface area contributed by atoms with Crippen LogP contribution in [0.4, 0.5) is 5.69 Å². The maximum absolute atomic E-state index is 12.8. The molecule has 0 atom stereocenters. The van der Waals surface area contributed by atoms with Crippen molar-refractivity contribution >= 4 is 33.2 Å². The van der Waals surface area contributed by atoms with Gasteiger partial charge in [0, 0.05) is 19.3 Å². The average Bonchev–Trinajstić information content (AvgIpc) is 2.79. The summed E-state index contributed by atoms with van der Waals surface area (Å²) >= 11 is 6.04. The van der Waals surface area contributed by atoms with Crippen molar-refractivity contribution < 1.29 is 22.7 Å². The first-order valence-electron chi connectivity index (χ1n) is 9.66. The van der Waals surface area contributed by atoms with Crippen LogP contribution in [0, 0.1) is 0 Å². The molecule has 3 rings (SSSR count). The Labute approximate surface area is 192 Å². The number of rotatable bonds is 9. The number of ether oxygens (including phenoxy) is 2. The molecule has 0 unspecified atom stereocenters. The lowest BCUT2D eigenvalue weighted by Crippen LogP contribution is -2.26. The number of nitrogens with zero attached hydrogens (tertiary/aromatic N) is 1. The summed E-state index contributed by atoms with van der Waals surface area (Å²) in [4.78, 5) is 12.3. The van der Waals surface area contributed by atoms with Gasteiger partial charge in [-0.05, 0) is 48.0 Å². The number of anilines is 1. The molecule has 3 aromatic rings. The Bertz CT molecular complexity index is 1170. The van der Waals surface area contributed by atoms with Gasteiger partial charge < -0.3 is 14.8 Å². The quantitative estimate of drug-likeness (QED) is 0.502. The monoisotopic (exact) mass is 474 g/mol. The Morgan fingerprint density at radius 3 is 2.34 bits per heavy atom. The van der Waals surface area contributed by atoms with Crippen molar-refractivity contribution in [2.75, 3.05) is 26.1 Å². The lowest BCUT2D eigenvalue weighted by Gasteiger charge is -2.17. The molecule has 0 spiro atoms. The molecule has 0 aromatic heterocycles. The fourth-order valence-electron chi connectivity index (χ4n) is 2.90. The van der Waals surface area contributed by atoms with E-state index >= 15 is 0 Å². The molecule has 1 N–H and O–H groups in total. The number of benzene rings is 3. The van der Waals surface area contributed by atoms with Crippen LogP contribution in [0.3, 0.4) is 0 Å². The largest absolute Gasteiger partial charge is 0.495 e. The number of carbonyl (C=O) groups excluding carboxylic acids is 1. The summed E-state index contributed by atoms with van der Waals surface area (Å²) in [7, 11) is -0.625. The predicted molar refractivity (Wildman–Crippen MR) is 124 cm³/mol. The van der Waals surface area contributed by atoms with Crippen LogP contribution >= 0.6 is 11.6 Å². The molecule has 0 aliphatic carbocycles. The van der Waals surface area contributed by atoms with E-state index in [-0.39, 0.29) is 24.0 Å². The number of carbonyl (C=O) groups is 1. The number of hydrogen-bond donors (Lipinski definition) is 1. The summed E-state index contributed by atoms with van der Waals surface area (Å²) < 4.78 is 37.4. The van der Waals surface area contributed by atoms with Crippen molar-refractivity contribution in [1.29, 1.82) is 0 Å². The standard InChI is InChI=1S/C23H23ClN2O5S/c1-26(15-17-6-4-3-5-7-17)32(28,29)20-11-9-19(10-12-20)31-16-23(27)25-18-8-13-22(30-2)21(24)14-18/h3-14H,15-16H2,1-2H3,(H,25,27). The number of methoxy groups -OCH3 is 1. The predicted octanol–water partition coefficient (Wildman–Crippen LogP) is 4.19. The second kappa shape index (κ2) is 10.5. The highest BCUT2D eigenvalue weighted by Gasteiger charge is 2.21. The zero-order valence-corrected chi connectivity index (χ0v) is 19.2. The van der Waals surface area contributed by atoms with E-state index in [4.69, 9.17) is 21.1 Å². The molecule has 9 heteroatoms. The molecule has 0 saturated heterocycles. The molecule has 1 amide bonds. The Kier molecular flexibility index (Phi) is 7.74. The molecule has 0 aliphatic rings. The maximum Gasteiger partial charge on any atom is 0.262 e. The van der Waals surface area contributed by atoms with Crippen molar-refractivity contribution in [3.63, 3.8) is 0 Å². The van der Waals surface area contributed by atoms with Gasteiger partial charge in [0.25, 0.3) is 5.91 Å². The minimum atomic E-state index is -3.66. The van der Waals surface area contributed by atoms with Gasteiger partial charge in [0.2, 0.25) is 10.0 Å². The normalized spacial score (nSPS) is 11.2. The van der Waals surface area contributed by atoms with E-state index < -0.39 is 10.0 Å². The van der Waals surface area contributed by atoms with E-state index in [0.717, 1.165) is 5.56 Å². The molecule has 168 valence electrons. The van der Waals surface area contributed by atoms with Crippen molar-refractivity contribution in [3.8, 4) is 11.5 Å². The van der Waals surface area contributed by atoms with E-state index in [0.29, 0.717) is 22.2 Å². The number of amides is 1. The van der Waals surface area contributed by atoms with Gasteiger partial charge in [-0.25, -0.2) is 8.42 Å².